The molecule has 0 aromatic rings. The molecule has 0 unspecified atom stereocenters. The molecule has 13 heavy (non-hydrogen) atoms. The Balaban J connectivity index is 2.12. The van der Waals surface area contributed by atoms with Crippen LogP contribution in [-0.2, 0) is 4.79 Å². The lowest BCUT2D eigenvalue weighted by Crippen LogP contribution is -2.30. The fourth-order valence-corrected chi connectivity index (χ4v) is 1.92. The van der Waals surface area contributed by atoms with E-state index in [0.717, 1.165) is 18.4 Å². The zero-order chi connectivity index (χ0) is 9.68. The monoisotopic (exact) mass is 183 g/mol. The summed E-state index contributed by atoms with van der Waals surface area (Å²) in [5, 5.41) is 2.98. The summed E-state index contributed by atoms with van der Waals surface area (Å²) in [6.07, 6.45) is 5.89. The molecular formula is C11H21NO. The van der Waals surface area contributed by atoms with Gasteiger partial charge in [-0.05, 0) is 24.7 Å². The van der Waals surface area contributed by atoms with Crippen LogP contribution in [0.1, 0.15) is 46.0 Å². The molecule has 76 valence electrons. The normalized spacial score (nSPS) is 28.5. The molecule has 0 spiro atoms. The van der Waals surface area contributed by atoms with Crippen LogP contribution in [-0.4, -0.2) is 12.5 Å². The maximum absolute atomic E-state index is 11.0. The highest BCUT2D eigenvalue weighted by atomic mass is 16.1. The average Bonchev–Trinajstić information content (AvgIpc) is 2.16. The van der Waals surface area contributed by atoms with Crippen LogP contribution in [0.4, 0.5) is 0 Å². The van der Waals surface area contributed by atoms with Gasteiger partial charge in [0, 0.05) is 13.0 Å². The van der Waals surface area contributed by atoms with E-state index >= 15 is 0 Å². The van der Waals surface area contributed by atoms with Gasteiger partial charge < -0.3 is 5.32 Å². The van der Waals surface area contributed by atoms with Crippen molar-refractivity contribution in [1.29, 1.82) is 0 Å². The predicted molar refractivity (Wildman–Crippen MR) is 54.4 cm³/mol. The van der Waals surface area contributed by atoms with E-state index in [1.54, 1.807) is 0 Å². The second-order valence-electron chi connectivity index (χ2n) is 4.28. The van der Waals surface area contributed by atoms with Gasteiger partial charge in [-0.15, -0.1) is 0 Å². The Bertz CT molecular complexity index is 159. The molecule has 2 heteroatoms. The van der Waals surface area contributed by atoms with Gasteiger partial charge in [-0.2, -0.15) is 0 Å². The van der Waals surface area contributed by atoms with Gasteiger partial charge in [-0.3, -0.25) is 4.79 Å². The van der Waals surface area contributed by atoms with Crippen molar-refractivity contribution in [3.05, 3.63) is 0 Å². The number of nitrogens with one attached hydrogen (secondary N) is 1. The molecule has 0 aliphatic heterocycles. The molecule has 0 saturated heterocycles. The largest absolute Gasteiger partial charge is 0.356 e. The van der Waals surface area contributed by atoms with Gasteiger partial charge in [0.15, 0.2) is 0 Å². The van der Waals surface area contributed by atoms with Crippen LogP contribution in [0.25, 0.3) is 0 Å². The first kappa shape index (κ1) is 10.6. The molecule has 1 aliphatic carbocycles. The lowest BCUT2D eigenvalue weighted by atomic mass is 9.83. The minimum absolute atomic E-state index is 0.193. The molecule has 1 rings (SSSR count). The number of hydrogen-bond donors (Lipinski definition) is 1. The lowest BCUT2D eigenvalue weighted by Gasteiger charge is -2.26. The Morgan fingerprint density at radius 2 is 1.92 bits per heavy atom. The van der Waals surface area contributed by atoms with Gasteiger partial charge in [-0.1, -0.05) is 26.7 Å². The summed E-state index contributed by atoms with van der Waals surface area (Å²) in [6, 6.07) is 0. The highest BCUT2D eigenvalue weighted by molar-refractivity contribution is 5.75. The number of amides is 1. The first-order valence-electron chi connectivity index (χ1n) is 5.49. The standard InChI is InChI=1S/C11H21NO/c1-3-11(13)12-8-10-6-4-9(2)5-7-10/h9-10H,3-8H2,1-2H3,(H,12,13). The zero-order valence-electron chi connectivity index (χ0n) is 8.81. The summed E-state index contributed by atoms with van der Waals surface area (Å²) in [4.78, 5) is 11.0. The van der Waals surface area contributed by atoms with Crippen molar-refractivity contribution in [2.75, 3.05) is 6.54 Å². The maximum Gasteiger partial charge on any atom is 0.219 e. The van der Waals surface area contributed by atoms with Crippen molar-refractivity contribution >= 4 is 5.91 Å². The van der Waals surface area contributed by atoms with E-state index in [2.05, 4.69) is 12.2 Å². The first-order valence-corrected chi connectivity index (χ1v) is 5.49. The predicted octanol–water partition coefficient (Wildman–Crippen LogP) is 2.34. The highest BCUT2D eigenvalue weighted by Gasteiger charge is 2.18. The molecule has 0 atom stereocenters. The van der Waals surface area contributed by atoms with E-state index in [-0.39, 0.29) is 5.91 Å². The van der Waals surface area contributed by atoms with Crippen molar-refractivity contribution in [3.8, 4) is 0 Å². The fraction of sp³-hybridized carbons (Fsp3) is 0.909. The van der Waals surface area contributed by atoms with E-state index in [1.165, 1.54) is 25.7 Å². The zero-order valence-corrected chi connectivity index (χ0v) is 8.81. The highest BCUT2D eigenvalue weighted by Crippen LogP contribution is 2.27. The molecule has 0 aromatic heterocycles. The van der Waals surface area contributed by atoms with Crippen LogP contribution in [0.5, 0.6) is 0 Å². The first-order chi connectivity index (χ1) is 6.22. The molecule has 1 aliphatic rings. The Morgan fingerprint density at radius 1 is 1.31 bits per heavy atom. The maximum atomic E-state index is 11.0. The number of carbonyl (C=O) groups excluding carboxylic acids is 1. The van der Waals surface area contributed by atoms with E-state index in [0.29, 0.717) is 6.42 Å². The molecular weight excluding hydrogens is 162 g/mol. The summed E-state index contributed by atoms with van der Waals surface area (Å²) in [5.74, 6) is 1.84. The van der Waals surface area contributed by atoms with Crippen molar-refractivity contribution in [2.24, 2.45) is 11.8 Å². The van der Waals surface area contributed by atoms with Crippen LogP contribution in [0, 0.1) is 11.8 Å². The molecule has 1 fully saturated rings. The third-order valence-corrected chi connectivity index (χ3v) is 3.04. The third-order valence-electron chi connectivity index (χ3n) is 3.04. The van der Waals surface area contributed by atoms with E-state index < -0.39 is 0 Å². The Hall–Kier alpha value is -0.530. The fourth-order valence-electron chi connectivity index (χ4n) is 1.92. The summed E-state index contributed by atoms with van der Waals surface area (Å²) in [5.41, 5.74) is 0. The topological polar surface area (TPSA) is 29.1 Å². The van der Waals surface area contributed by atoms with Crippen LogP contribution >= 0.6 is 0 Å². The number of rotatable bonds is 3. The second kappa shape index (κ2) is 5.25. The van der Waals surface area contributed by atoms with Gasteiger partial charge in [0.05, 0.1) is 0 Å². The van der Waals surface area contributed by atoms with Gasteiger partial charge >= 0.3 is 0 Å². The van der Waals surface area contributed by atoms with Crippen molar-refractivity contribution in [3.63, 3.8) is 0 Å². The quantitative estimate of drug-likeness (QED) is 0.715. The van der Waals surface area contributed by atoms with Crippen molar-refractivity contribution in [2.45, 2.75) is 46.0 Å². The molecule has 0 bridgehead atoms. The molecule has 0 heterocycles. The molecule has 2 nitrogen and oxygen atoms in total. The van der Waals surface area contributed by atoms with Crippen LogP contribution in [0.2, 0.25) is 0 Å². The van der Waals surface area contributed by atoms with Gasteiger partial charge in [-0.25, -0.2) is 0 Å². The second-order valence-corrected chi connectivity index (χ2v) is 4.28. The number of carbonyl (C=O) groups is 1. The summed E-state index contributed by atoms with van der Waals surface area (Å²) < 4.78 is 0. The van der Waals surface area contributed by atoms with Crippen LogP contribution in [0.15, 0.2) is 0 Å². The van der Waals surface area contributed by atoms with Crippen molar-refractivity contribution < 1.29 is 4.79 Å². The Labute approximate surface area is 81.1 Å². The van der Waals surface area contributed by atoms with Gasteiger partial charge in [0.25, 0.3) is 0 Å². The molecule has 0 radical (unpaired) electrons. The summed E-state index contributed by atoms with van der Waals surface area (Å²) >= 11 is 0. The van der Waals surface area contributed by atoms with Gasteiger partial charge in [0.2, 0.25) is 5.91 Å². The summed E-state index contributed by atoms with van der Waals surface area (Å²) in [7, 11) is 0. The third kappa shape index (κ3) is 3.79. The van der Waals surface area contributed by atoms with E-state index in [4.69, 9.17) is 0 Å². The van der Waals surface area contributed by atoms with E-state index in [9.17, 15) is 4.79 Å². The van der Waals surface area contributed by atoms with Gasteiger partial charge in [0.1, 0.15) is 0 Å². The molecule has 1 saturated carbocycles. The minimum atomic E-state index is 0.193. The molecule has 0 aromatic carbocycles. The smallest absolute Gasteiger partial charge is 0.219 e. The Morgan fingerprint density at radius 3 is 2.46 bits per heavy atom. The minimum Gasteiger partial charge on any atom is -0.356 e. The van der Waals surface area contributed by atoms with E-state index in [1.807, 2.05) is 6.92 Å². The molecule has 1 N–H and O–H groups in total. The lowest BCUT2D eigenvalue weighted by molar-refractivity contribution is -0.121. The van der Waals surface area contributed by atoms with Crippen molar-refractivity contribution in [1.82, 2.24) is 5.32 Å². The molecule has 1 amide bonds. The SMILES string of the molecule is CCC(=O)NCC1CCC(C)CC1. The summed E-state index contributed by atoms with van der Waals surface area (Å²) in [6.45, 7) is 5.12. The van der Waals surface area contributed by atoms with Crippen LogP contribution < -0.4 is 5.32 Å². The van der Waals surface area contributed by atoms with Crippen LogP contribution in [0.3, 0.4) is 0 Å². The Kier molecular flexibility index (Phi) is 4.26. The average molecular weight is 183 g/mol. The number of hydrogen-bond acceptors (Lipinski definition) is 1.